The summed E-state index contributed by atoms with van der Waals surface area (Å²) in [5.74, 6) is 0.948. The van der Waals surface area contributed by atoms with Gasteiger partial charge in [-0.2, -0.15) is 0 Å². The van der Waals surface area contributed by atoms with Crippen molar-refractivity contribution in [2.24, 2.45) is 0 Å². The van der Waals surface area contributed by atoms with Gasteiger partial charge in [-0.05, 0) is 37.5 Å². The molecule has 0 saturated carbocycles. The molecule has 2 rings (SSSR count). The molecule has 0 unspecified atom stereocenters. The van der Waals surface area contributed by atoms with Crippen molar-refractivity contribution in [1.82, 2.24) is 5.32 Å². The Balaban J connectivity index is 1.75. The van der Waals surface area contributed by atoms with Crippen LogP contribution < -0.4 is 10.1 Å². The van der Waals surface area contributed by atoms with Crippen molar-refractivity contribution >= 4 is 0 Å². The maximum absolute atomic E-state index is 5.57. The molecule has 1 heterocycles. The van der Waals surface area contributed by atoms with Crippen molar-refractivity contribution in [2.45, 2.75) is 32.4 Å². The van der Waals surface area contributed by atoms with Gasteiger partial charge >= 0.3 is 0 Å². The van der Waals surface area contributed by atoms with Crippen LogP contribution in [0.25, 0.3) is 0 Å². The summed E-state index contributed by atoms with van der Waals surface area (Å²) in [6.45, 7) is 5.46. The quantitative estimate of drug-likeness (QED) is 0.821. The lowest BCUT2D eigenvalue weighted by atomic mass is 10.2. The largest absolute Gasteiger partial charge is 0.494 e. The first kappa shape index (κ1) is 12.4. The minimum atomic E-state index is 0.407. The second kappa shape index (κ2) is 6.62. The van der Waals surface area contributed by atoms with Gasteiger partial charge < -0.3 is 14.8 Å². The van der Waals surface area contributed by atoms with E-state index in [4.69, 9.17) is 9.47 Å². The maximum Gasteiger partial charge on any atom is 0.119 e. The Labute approximate surface area is 103 Å². The normalized spacial score (nSPS) is 19.5. The zero-order chi connectivity index (χ0) is 11.9. The molecule has 1 aliphatic rings. The Hall–Kier alpha value is -1.06. The molecule has 94 valence electrons. The summed E-state index contributed by atoms with van der Waals surface area (Å²) in [5, 5.41) is 3.43. The van der Waals surface area contributed by atoms with E-state index in [0.717, 1.165) is 25.4 Å². The minimum Gasteiger partial charge on any atom is -0.494 e. The van der Waals surface area contributed by atoms with Gasteiger partial charge in [-0.3, -0.25) is 0 Å². The highest BCUT2D eigenvalue weighted by Crippen LogP contribution is 2.14. The summed E-state index contributed by atoms with van der Waals surface area (Å²) >= 11 is 0. The van der Waals surface area contributed by atoms with Gasteiger partial charge in [-0.15, -0.1) is 0 Å². The highest BCUT2D eigenvalue weighted by molar-refractivity contribution is 5.28. The molecule has 3 heteroatoms. The summed E-state index contributed by atoms with van der Waals surface area (Å²) in [4.78, 5) is 0. The van der Waals surface area contributed by atoms with Crippen molar-refractivity contribution < 1.29 is 9.47 Å². The van der Waals surface area contributed by atoms with E-state index in [0.29, 0.717) is 12.7 Å². The molecule has 0 amide bonds. The van der Waals surface area contributed by atoms with E-state index in [2.05, 4.69) is 17.4 Å². The van der Waals surface area contributed by atoms with Crippen LogP contribution in [0.1, 0.15) is 25.3 Å². The molecule has 1 saturated heterocycles. The van der Waals surface area contributed by atoms with Crippen LogP contribution in [0.15, 0.2) is 24.3 Å². The first-order valence-corrected chi connectivity index (χ1v) is 6.42. The molecule has 0 bridgehead atoms. The molecule has 0 aromatic heterocycles. The first-order valence-electron chi connectivity index (χ1n) is 6.42. The van der Waals surface area contributed by atoms with Crippen molar-refractivity contribution in [1.29, 1.82) is 0 Å². The molecular formula is C14H21NO2. The molecule has 1 fully saturated rings. The Morgan fingerprint density at radius 3 is 3.18 bits per heavy atom. The predicted octanol–water partition coefficient (Wildman–Crippen LogP) is 2.35. The van der Waals surface area contributed by atoms with E-state index in [1.54, 1.807) is 0 Å². The SMILES string of the molecule is CCOc1cccc(CNC[C@H]2CCCO2)c1. The third-order valence-electron chi connectivity index (χ3n) is 2.93. The van der Waals surface area contributed by atoms with Gasteiger partial charge in [0.15, 0.2) is 0 Å². The van der Waals surface area contributed by atoms with E-state index in [1.807, 2.05) is 19.1 Å². The molecule has 0 spiro atoms. The van der Waals surface area contributed by atoms with Gasteiger partial charge in [0.05, 0.1) is 12.7 Å². The van der Waals surface area contributed by atoms with E-state index >= 15 is 0 Å². The predicted molar refractivity (Wildman–Crippen MR) is 68.3 cm³/mol. The van der Waals surface area contributed by atoms with Gasteiger partial charge in [0, 0.05) is 19.7 Å². The molecule has 0 radical (unpaired) electrons. The van der Waals surface area contributed by atoms with Gasteiger partial charge in [-0.25, -0.2) is 0 Å². The minimum absolute atomic E-state index is 0.407. The standard InChI is InChI=1S/C14H21NO2/c1-2-16-13-6-3-5-12(9-13)10-15-11-14-7-4-8-17-14/h3,5-6,9,14-15H,2,4,7-8,10-11H2,1H3/t14-/m1/s1. The Bertz CT molecular complexity index is 335. The van der Waals surface area contributed by atoms with Crippen molar-refractivity contribution in [3.63, 3.8) is 0 Å². The van der Waals surface area contributed by atoms with Gasteiger partial charge in [0.25, 0.3) is 0 Å². The van der Waals surface area contributed by atoms with Crippen LogP contribution in [-0.2, 0) is 11.3 Å². The molecule has 17 heavy (non-hydrogen) atoms. The molecule has 3 nitrogen and oxygen atoms in total. The van der Waals surface area contributed by atoms with E-state index in [1.165, 1.54) is 18.4 Å². The number of nitrogens with one attached hydrogen (secondary N) is 1. The van der Waals surface area contributed by atoms with Crippen LogP contribution in [0.5, 0.6) is 5.75 Å². The Morgan fingerprint density at radius 1 is 1.47 bits per heavy atom. The summed E-state index contributed by atoms with van der Waals surface area (Å²) < 4.78 is 11.0. The molecule has 0 aliphatic carbocycles. The molecular weight excluding hydrogens is 214 g/mol. The highest BCUT2D eigenvalue weighted by atomic mass is 16.5. The lowest BCUT2D eigenvalue weighted by molar-refractivity contribution is 0.110. The summed E-state index contributed by atoms with van der Waals surface area (Å²) in [5.41, 5.74) is 1.26. The average molecular weight is 235 g/mol. The fraction of sp³-hybridized carbons (Fsp3) is 0.571. The molecule has 1 N–H and O–H groups in total. The Morgan fingerprint density at radius 2 is 2.41 bits per heavy atom. The van der Waals surface area contributed by atoms with Crippen molar-refractivity contribution in [3.05, 3.63) is 29.8 Å². The summed E-state index contributed by atoms with van der Waals surface area (Å²) in [7, 11) is 0. The van der Waals surface area contributed by atoms with Crippen molar-refractivity contribution in [2.75, 3.05) is 19.8 Å². The zero-order valence-corrected chi connectivity index (χ0v) is 10.4. The third-order valence-corrected chi connectivity index (χ3v) is 2.93. The zero-order valence-electron chi connectivity index (χ0n) is 10.4. The lowest BCUT2D eigenvalue weighted by Crippen LogP contribution is -2.25. The number of hydrogen-bond acceptors (Lipinski definition) is 3. The van der Waals surface area contributed by atoms with Crippen LogP contribution in [-0.4, -0.2) is 25.9 Å². The molecule has 1 aliphatic heterocycles. The number of rotatable bonds is 6. The maximum atomic E-state index is 5.57. The lowest BCUT2D eigenvalue weighted by Gasteiger charge is -2.11. The summed E-state index contributed by atoms with van der Waals surface area (Å²) in [6.07, 6.45) is 2.79. The number of benzene rings is 1. The van der Waals surface area contributed by atoms with Crippen LogP contribution in [0, 0.1) is 0 Å². The summed E-state index contributed by atoms with van der Waals surface area (Å²) in [6, 6.07) is 8.23. The smallest absolute Gasteiger partial charge is 0.119 e. The molecule has 1 aromatic rings. The van der Waals surface area contributed by atoms with Gasteiger partial charge in [-0.1, -0.05) is 12.1 Å². The van der Waals surface area contributed by atoms with Gasteiger partial charge in [0.2, 0.25) is 0 Å². The van der Waals surface area contributed by atoms with Gasteiger partial charge in [0.1, 0.15) is 5.75 Å². The van der Waals surface area contributed by atoms with Crippen molar-refractivity contribution in [3.8, 4) is 5.75 Å². The van der Waals surface area contributed by atoms with Crippen LogP contribution in [0.2, 0.25) is 0 Å². The second-order valence-electron chi connectivity index (χ2n) is 4.35. The topological polar surface area (TPSA) is 30.5 Å². The first-order chi connectivity index (χ1) is 8.38. The monoisotopic (exact) mass is 235 g/mol. The second-order valence-corrected chi connectivity index (χ2v) is 4.35. The van der Waals surface area contributed by atoms with E-state index < -0.39 is 0 Å². The van der Waals surface area contributed by atoms with E-state index in [-0.39, 0.29) is 0 Å². The fourth-order valence-electron chi connectivity index (χ4n) is 2.09. The third kappa shape index (κ3) is 4.02. The number of ether oxygens (including phenoxy) is 2. The highest BCUT2D eigenvalue weighted by Gasteiger charge is 2.14. The van der Waals surface area contributed by atoms with E-state index in [9.17, 15) is 0 Å². The fourth-order valence-corrected chi connectivity index (χ4v) is 2.09. The number of hydrogen-bond donors (Lipinski definition) is 1. The molecule has 1 aromatic carbocycles. The van der Waals surface area contributed by atoms with Crippen LogP contribution in [0.4, 0.5) is 0 Å². The average Bonchev–Trinajstić information content (AvgIpc) is 2.83. The Kier molecular flexibility index (Phi) is 4.83. The van der Waals surface area contributed by atoms with Crippen LogP contribution in [0.3, 0.4) is 0 Å². The van der Waals surface area contributed by atoms with Crippen LogP contribution >= 0.6 is 0 Å². The molecule has 1 atom stereocenters.